The van der Waals surface area contributed by atoms with Crippen LogP contribution in [-0.4, -0.2) is 40.8 Å². The second-order valence-corrected chi connectivity index (χ2v) is 5.22. The van der Waals surface area contributed by atoms with Crippen LogP contribution in [0.25, 0.3) is 0 Å². The lowest BCUT2D eigenvalue weighted by atomic mass is 9.94. The Kier molecular flexibility index (Phi) is 3.26. The molecule has 1 aliphatic carbocycles. The lowest BCUT2D eigenvalue weighted by Gasteiger charge is -2.24. The fourth-order valence-corrected chi connectivity index (χ4v) is 3.08. The topological polar surface area (TPSA) is 66.8 Å². The highest BCUT2D eigenvalue weighted by Crippen LogP contribution is 2.42. The van der Waals surface area contributed by atoms with E-state index >= 15 is 0 Å². The standard InChI is InChI=1S/C12H19NO4/c1-7(2)17-12(16)13-6-8-4-3-5-9(8)10(13)11(14)15/h7-10H,3-6H2,1-2H3,(H,14,15). The first-order valence-electron chi connectivity index (χ1n) is 6.20. The van der Waals surface area contributed by atoms with E-state index in [1.807, 2.05) is 0 Å². The van der Waals surface area contributed by atoms with Crippen LogP contribution < -0.4 is 0 Å². The number of carboxylic acid groups (broad SMARTS) is 1. The normalized spacial score (nSPS) is 31.7. The van der Waals surface area contributed by atoms with Crippen LogP contribution in [-0.2, 0) is 9.53 Å². The van der Waals surface area contributed by atoms with Gasteiger partial charge in [0.05, 0.1) is 6.10 Å². The maximum Gasteiger partial charge on any atom is 0.410 e. The van der Waals surface area contributed by atoms with Gasteiger partial charge in [-0.25, -0.2) is 9.59 Å². The minimum atomic E-state index is -0.903. The first kappa shape index (κ1) is 12.2. The minimum Gasteiger partial charge on any atom is -0.480 e. The Balaban J connectivity index is 2.11. The van der Waals surface area contributed by atoms with Crippen molar-refractivity contribution in [2.24, 2.45) is 11.8 Å². The summed E-state index contributed by atoms with van der Waals surface area (Å²) in [5.41, 5.74) is 0. The van der Waals surface area contributed by atoms with Crippen molar-refractivity contribution < 1.29 is 19.4 Å². The molecular formula is C12H19NO4. The van der Waals surface area contributed by atoms with E-state index in [9.17, 15) is 14.7 Å². The molecule has 5 nitrogen and oxygen atoms in total. The third-order valence-corrected chi connectivity index (χ3v) is 3.71. The third kappa shape index (κ3) is 2.23. The molecule has 2 aliphatic rings. The summed E-state index contributed by atoms with van der Waals surface area (Å²) in [6, 6.07) is -0.686. The van der Waals surface area contributed by atoms with Gasteiger partial charge in [-0.2, -0.15) is 0 Å². The van der Waals surface area contributed by atoms with E-state index in [2.05, 4.69) is 0 Å². The van der Waals surface area contributed by atoms with Crippen LogP contribution in [0.15, 0.2) is 0 Å². The SMILES string of the molecule is CC(C)OC(=O)N1CC2CCCC2C1C(=O)O. The zero-order chi connectivity index (χ0) is 12.6. The summed E-state index contributed by atoms with van der Waals surface area (Å²) < 4.78 is 5.10. The zero-order valence-corrected chi connectivity index (χ0v) is 10.3. The second-order valence-electron chi connectivity index (χ2n) is 5.22. The van der Waals surface area contributed by atoms with E-state index in [-0.39, 0.29) is 12.0 Å². The van der Waals surface area contributed by atoms with Crippen molar-refractivity contribution in [1.82, 2.24) is 4.90 Å². The lowest BCUT2D eigenvalue weighted by Crippen LogP contribution is -2.44. The third-order valence-electron chi connectivity index (χ3n) is 3.71. The maximum absolute atomic E-state index is 11.8. The average molecular weight is 241 g/mol. The quantitative estimate of drug-likeness (QED) is 0.799. The average Bonchev–Trinajstić information content (AvgIpc) is 2.72. The molecule has 3 atom stereocenters. The van der Waals surface area contributed by atoms with Crippen molar-refractivity contribution in [3.63, 3.8) is 0 Å². The summed E-state index contributed by atoms with van der Waals surface area (Å²) in [4.78, 5) is 24.5. The number of likely N-dealkylation sites (tertiary alicyclic amines) is 1. The van der Waals surface area contributed by atoms with Gasteiger partial charge in [-0.3, -0.25) is 4.90 Å². The number of carbonyl (C=O) groups excluding carboxylic acids is 1. The van der Waals surface area contributed by atoms with E-state index < -0.39 is 18.1 Å². The Morgan fingerprint density at radius 1 is 1.35 bits per heavy atom. The van der Waals surface area contributed by atoms with Crippen LogP contribution in [0, 0.1) is 11.8 Å². The Hall–Kier alpha value is -1.26. The highest BCUT2D eigenvalue weighted by Gasteiger charge is 2.50. The molecule has 3 unspecified atom stereocenters. The molecule has 5 heteroatoms. The number of ether oxygens (including phenoxy) is 1. The van der Waals surface area contributed by atoms with Gasteiger partial charge in [0.25, 0.3) is 0 Å². The number of nitrogens with zero attached hydrogens (tertiary/aromatic N) is 1. The van der Waals surface area contributed by atoms with Crippen LogP contribution in [0.4, 0.5) is 4.79 Å². The first-order chi connectivity index (χ1) is 8.00. The molecule has 1 saturated carbocycles. The van der Waals surface area contributed by atoms with E-state index in [0.717, 1.165) is 19.3 Å². The molecule has 0 radical (unpaired) electrons. The van der Waals surface area contributed by atoms with Crippen LogP contribution in [0.2, 0.25) is 0 Å². The number of carboxylic acids is 1. The molecule has 1 heterocycles. The predicted octanol–water partition coefficient (Wildman–Crippen LogP) is 1.72. The van der Waals surface area contributed by atoms with Crippen LogP contribution in [0.1, 0.15) is 33.1 Å². The summed E-state index contributed by atoms with van der Waals surface area (Å²) in [6.45, 7) is 4.07. The van der Waals surface area contributed by atoms with Crippen LogP contribution in [0.5, 0.6) is 0 Å². The predicted molar refractivity (Wildman–Crippen MR) is 60.6 cm³/mol. The van der Waals surface area contributed by atoms with Crippen molar-refractivity contribution in [2.45, 2.75) is 45.3 Å². The summed E-state index contributed by atoms with van der Waals surface area (Å²) in [5.74, 6) is -0.442. The van der Waals surface area contributed by atoms with E-state index in [4.69, 9.17) is 4.74 Å². The van der Waals surface area contributed by atoms with Gasteiger partial charge < -0.3 is 9.84 Å². The van der Waals surface area contributed by atoms with Gasteiger partial charge in [0.15, 0.2) is 0 Å². The molecule has 1 aliphatic heterocycles. The Bertz CT molecular complexity index is 328. The van der Waals surface area contributed by atoms with Crippen LogP contribution >= 0.6 is 0 Å². The number of hydrogen-bond acceptors (Lipinski definition) is 3. The number of aliphatic carboxylic acids is 1. The number of rotatable bonds is 2. The second kappa shape index (κ2) is 4.55. The Morgan fingerprint density at radius 3 is 2.65 bits per heavy atom. The van der Waals surface area contributed by atoms with Gasteiger partial charge in [-0.05, 0) is 38.5 Å². The van der Waals surface area contributed by atoms with Gasteiger partial charge in [0.2, 0.25) is 0 Å². The zero-order valence-electron chi connectivity index (χ0n) is 10.3. The Morgan fingerprint density at radius 2 is 2.06 bits per heavy atom. The molecule has 17 heavy (non-hydrogen) atoms. The van der Waals surface area contributed by atoms with E-state index in [0.29, 0.717) is 12.5 Å². The molecule has 0 aromatic heterocycles. The fraction of sp³-hybridized carbons (Fsp3) is 0.833. The summed E-state index contributed by atoms with van der Waals surface area (Å²) in [6.07, 6.45) is 2.32. The lowest BCUT2D eigenvalue weighted by molar-refractivity contribution is -0.143. The Labute approximate surface area is 101 Å². The summed E-state index contributed by atoms with van der Waals surface area (Å²) >= 11 is 0. The number of fused-ring (bicyclic) bond motifs is 1. The molecule has 1 N–H and O–H groups in total. The fourth-order valence-electron chi connectivity index (χ4n) is 3.08. The molecule has 1 saturated heterocycles. The number of hydrogen-bond donors (Lipinski definition) is 1. The molecular weight excluding hydrogens is 222 g/mol. The van der Waals surface area contributed by atoms with Gasteiger partial charge in [0, 0.05) is 6.54 Å². The van der Waals surface area contributed by atoms with Crippen molar-refractivity contribution >= 4 is 12.1 Å². The highest BCUT2D eigenvalue weighted by molar-refractivity contribution is 5.81. The van der Waals surface area contributed by atoms with Crippen molar-refractivity contribution in [3.8, 4) is 0 Å². The number of carbonyl (C=O) groups is 2. The van der Waals surface area contributed by atoms with Gasteiger partial charge >= 0.3 is 12.1 Å². The van der Waals surface area contributed by atoms with Gasteiger partial charge in [-0.1, -0.05) is 6.42 Å². The minimum absolute atomic E-state index is 0.118. The van der Waals surface area contributed by atoms with Gasteiger partial charge in [0.1, 0.15) is 6.04 Å². The van der Waals surface area contributed by atoms with Crippen molar-refractivity contribution in [1.29, 1.82) is 0 Å². The molecule has 1 amide bonds. The molecule has 0 aromatic rings. The van der Waals surface area contributed by atoms with Gasteiger partial charge in [-0.15, -0.1) is 0 Å². The molecule has 0 bridgehead atoms. The summed E-state index contributed by atoms with van der Waals surface area (Å²) in [7, 11) is 0. The van der Waals surface area contributed by atoms with E-state index in [1.54, 1.807) is 13.8 Å². The summed E-state index contributed by atoms with van der Waals surface area (Å²) in [5, 5.41) is 9.26. The molecule has 0 spiro atoms. The molecule has 96 valence electrons. The van der Waals surface area contributed by atoms with Crippen molar-refractivity contribution in [3.05, 3.63) is 0 Å². The molecule has 0 aromatic carbocycles. The first-order valence-corrected chi connectivity index (χ1v) is 6.20. The highest BCUT2D eigenvalue weighted by atomic mass is 16.6. The smallest absolute Gasteiger partial charge is 0.410 e. The van der Waals surface area contributed by atoms with E-state index in [1.165, 1.54) is 4.90 Å². The molecule has 2 rings (SSSR count). The largest absolute Gasteiger partial charge is 0.480 e. The number of amides is 1. The monoisotopic (exact) mass is 241 g/mol. The van der Waals surface area contributed by atoms with Crippen LogP contribution in [0.3, 0.4) is 0 Å². The maximum atomic E-state index is 11.8. The molecule has 2 fully saturated rings. The van der Waals surface area contributed by atoms with Crippen molar-refractivity contribution in [2.75, 3.05) is 6.54 Å².